The Morgan fingerprint density at radius 3 is 2.69 bits per heavy atom. The molecule has 0 saturated carbocycles. The molecule has 7 heteroatoms. The molecule has 0 spiro atoms. The van der Waals surface area contributed by atoms with Gasteiger partial charge in [0.2, 0.25) is 0 Å². The van der Waals surface area contributed by atoms with Crippen LogP contribution in [0.25, 0.3) is 0 Å². The van der Waals surface area contributed by atoms with E-state index in [0.29, 0.717) is 0 Å². The summed E-state index contributed by atoms with van der Waals surface area (Å²) in [7, 11) is 0. The van der Waals surface area contributed by atoms with Crippen molar-refractivity contribution in [1.82, 2.24) is 15.0 Å². The molecule has 0 saturated heterocycles. The van der Waals surface area contributed by atoms with Crippen LogP contribution >= 0.6 is 0 Å². The topological polar surface area (TPSA) is 105 Å². The zero-order chi connectivity index (χ0) is 9.84. The Hall–Kier alpha value is -1.92. The number of aromatic carboxylic acids is 1. The Bertz CT molecular complexity index is 332. The van der Waals surface area contributed by atoms with Gasteiger partial charge in [0, 0.05) is 0 Å². The van der Waals surface area contributed by atoms with Crippen molar-refractivity contribution in [3.63, 3.8) is 0 Å². The molecule has 70 valence electrons. The Labute approximate surface area is 72.6 Å². The minimum absolute atomic E-state index is 0.0109. The summed E-state index contributed by atoms with van der Waals surface area (Å²) in [6.45, 7) is 0.0109. The predicted molar refractivity (Wildman–Crippen MR) is 39.2 cm³/mol. The number of rotatable bonds is 4. The van der Waals surface area contributed by atoms with E-state index in [1.165, 1.54) is 0 Å². The van der Waals surface area contributed by atoms with E-state index in [2.05, 4.69) is 10.3 Å². The Morgan fingerprint density at radius 2 is 2.15 bits per heavy atom. The van der Waals surface area contributed by atoms with Gasteiger partial charge in [0.1, 0.15) is 0 Å². The van der Waals surface area contributed by atoms with Gasteiger partial charge in [0.25, 0.3) is 0 Å². The maximum atomic E-state index is 10.5. The average molecular weight is 185 g/mol. The highest BCUT2D eigenvalue weighted by atomic mass is 16.4. The minimum Gasteiger partial charge on any atom is -0.481 e. The Balaban J connectivity index is 2.71. The molecule has 1 aromatic rings. The molecule has 0 aliphatic rings. The number of aliphatic carboxylic acids is 1. The highest BCUT2D eigenvalue weighted by Crippen LogP contribution is 1.97. The molecule has 1 rings (SSSR count). The van der Waals surface area contributed by atoms with E-state index >= 15 is 0 Å². The lowest BCUT2D eigenvalue weighted by atomic mass is 10.4. The summed E-state index contributed by atoms with van der Waals surface area (Å²) >= 11 is 0. The van der Waals surface area contributed by atoms with Crippen LogP contribution in [0.3, 0.4) is 0 Å². The molecule has 13 heavy (non-hydrogen) atoms. The van der Waals surface area contributed by atoms with Crippen molar-refractivity contribution in [3.05, 3.63) is 11.9 Å². The summed E-state index contributed by atoms with van der Waals surface area (Å²) in [6, 6.07) is 0. The van der Waals surface area contributed by atoms with Crippen molar-refractivity contribution in [1.29, 1.82) is 0 Å². The van der Waals surface area contributed by atoms with Gasteiger partial charge in [-0.3, -0.25) is 4.79 Å². The van der Waals surface area contributed by atoms with Crippen LogP contribution in [0.4, 0.5) is 0 Å². The monoisotopic (exact) mass is 185 g/mol. The smallest absolute Gasteiger partial charge is 0.355 e. The molecule has 1 aromatic heterocycles. The highest BCUT2D eigenvalue weighted by Gasteiger charge is 2.11. The molecular weight excluding hydrogens is 178 g/mol. The zero-order valence-electron chi connectivity index (χ0n) is 6.54. The SMILES string of the molecule is O=C(O)CCn1nncc1C(=O)O. The molecule has 0 amide bonds. The standard InChI is InChI=1S/C6H7N3O4/c10-5(11)1-2-9-4(6(12)13)3-7-8-9/h3H,1-2H2,(H,10,11)(H,12,13). The maximum Gasteiger partial charge on any atom is 0.355 e. The van der Waals surface area contributed by atoms with E-state index in [4.69, 9.17) is 10.2 Å². The summed E-state index contributed by atoms with van der Waals surface area (Å²) in [5, 5.41) is 23.7. The molecule has 0 fully saturated rings. The van der Waals surface area contributed by atoms with Gasteiger partial charge in [-0.15, -0.1) is 5.10 Å². The average Bonchev–Trinajstić information content (AvgIpc) is 2.47. The van der Waals surface area contributed by atoms with Crippen molar-refractivity contribution in [2.75, 3.05) is 0 Å². The van der Waals surface area contributed by atoms with E-state index in [1.54, 1.807) is 0 Å². The molecule has 0 aromatic carbocycles. The van der Waals surface area contributed by atoms with Crippen molar-refractivity contribution < 1.29 is 19.8 Å². The van der Waals surface area contributed by atoms with E-state index < -0.39 is 11.9 Å². The fourth-order valence-electron chi connectivity index (χ4n) is 0.790. The van der Waals surface area contributed by atoms with Crippen LogP contribution in [0.1, 0.15) is 16.9 Å². The minimum atomic E-state index is -1.17. The lowest BCUT2D eigenvalue weighted by Gasteiger charge is -1.98. The second-order valence-electron chi connectivity index (χ2n) is 2.29. The van der Waals surface area contributed by atoms with E-state index in [9.17, 15) is 9.59 Å². The molecule has 0 aliphatic heterocycles. The molecule has 2 N–H and O–H groups in total. The first-order valence-electron chi connectivity index (χ1n) is 3.45. The van der Waals surface area contributed by atoms with Crippen molar-refractivity contribution in [3.8, 4) is 0 Å². The summed E-state index contributed by atoms with van der Waals surface area (Å²) < 4.78 is 1.04. The second kappa shape index (κ2) is 3.65. The Kier molecular flexibility index (Phi) is 2.58. The lowest BCUT2D eigenvalue weighted by molar-refractivity contribution is -0.137. The van der Waals surface area contributed by atoms with Crippen LogP contribution in [0.5, 0.6) is 0 Å². The third kappa shape index (κ3) is 2.26. The highest BCUT2D eigenvalue weighted by molar-refractivity contribution is 5.85. The summed E-state index contributed by atoms with van der Waals surface area (Å²) in [6.07, 6.45) is 0.897. The molecule has 1 heterocycles. The first-order chi connectivity index (χ1) is 6.11. The van der Waals surface area contributed by atoms with Gasteiger partial charge >= 0.3 is 11.9 Å². The number of carbonyl (C=O) groups is 2. The molecule has 0 bridgehead atoms. The van der Waals surface area contributed by atoms with Gasteiger partial charge in [-0.1, -0.05) is 5.21 Å². The van der Waals surface area contributed by atoms with Crippen LogP contribution in [0.15, 0.2) is 6.20 Å². The van der Waals surface area contributed by atoms with Gasteiger partial charge in [0.05, 0.1) is 19.2 Å². The summed E-state index contributed by atoms with van der Waals surface area (Å²) in [5.41, 5.74) is -0.110. The van der Waals surface area contributed by atoms with Gasteiger partial charge in [0.15, 0.2) is 5.69 Å². The van der Waals surface area contributed by atoms with Gasteiger partial charge in [-0.05, 0) is 0 Å². The van der Waals surface area contributed by atoms with Gasteiger partial charge < -0.3 is 10.2 Å². The van der Waals surface area contributed by atoms with Crippen LogP contribution in [-0.2, 0) is 11.3 Å². The molecule has 7 nitrogen and oxygen atoms in total. The van der Waals surface area contributed by atoms with Crippen LogP contribution in [-0.4, -0.2) is 37.1 Å². The summed E-state index contributed by atoms with van der Waals surface area (Å²) in [4.78, 5) is 20.6. The number of aryl methyl sites for hydroxylation is 1. The van der Waals surface area contributed by atoms with E-state index in [0.717, 1.165) is 10.9 Å². The quantitative estimate of drug-likeness (QED) is 0.652. The van der Waals surface area contributed by atoms with Gasteiger partial charge in [-0.2, -0.15) is 0 Å². The van der Waals surface area contributed by atoms with E-state index in [1.807, 2.05) is 0 Å². The Morgan fingerprint density at radius 1 is 1.46 bits per heavy atom. The van der Waals surface area contributed by atoms with Crippen molar-refractivity contribution in [2.24, 2.45) is 0 Å². The number of hydrogen-bond donors (Lipinski definition) is 2. The van der Waals surface area contributed by atoms with Crippen LogP contribution < -0.4 is 0 Å². The summed E-state index contributed by atoms with van der Waals surface area (Å²) in [5.74, 6) is -2.18. The third-order valence-corrected chi connectivity index (χ3v) is 1.37. The predicted octanol–water partition coefficient (Wildman–Crippen LogP) is -0.549. The molecule has 0 radical (unpaired) electrons. The zero-order valence-corrected chi connectivity index (χ0v) is 6.54. The normalized spacial score (nSPS) is 9.85. The van der Waals surface area contributed by atoms with Crippen molar-refractivity contribution in [2.45, 2.75) is 13.0 Å². The number of hydrogen-bond acceptors (Lipinski definition) is 4. The molecule has 0 atom stereocenters. The third-order valence-electron chi connectivity index (χ3n) is 1.37. The largest absolute Gasteiger partial charge is 0.481 e. The number of nitrogens with zero attached hydrogens (tertiary/aromatic N) is 3. The van der Waals surface area contributed by atoms with Gasteiger partial charge in [-0.25, -0.2) is 9.48 Å². The van der Waals surface area contributed by atoms with Crippen molar-refractivity contribution >= 4 is 11.9 Å². The van der Waals surface area contributed by atoms with Crippen LogP contribution in [0.2, 0.25) is 0 Å². The number of aromatic nitrogens is 3. The number of carboxylic acid groups (broad SMARTS) is 2. The molecular formula is C6H7N3O4. The first kappa shape index (κ1) is 9.17. The maximum absolute atomic E-state index is 10.5. The fraction of sp³-hybridized carbons (Fsp3) is 0.333. The molecule has 0 aliphatic carbocycles. The first-order valence-corrected chi connectivity index (χ1v) is 3.45. The molecule has 0 unspecified atom stereocenters. The van der Waals surface area contributed by atoms with Crippen LogP contribution in [0, 0.1) is 0 Å². The fourth-order valence-corrected chi connectivity index (χ4v) is 0.790. The van der Waals surface area contributed by atoms with E-state index in [-0.39, 0.29) is 18.7 Å². The lowest BCUT2D eigenvalue weighted by Crippen LogP contribution is -2.12. The second-order valence-corrected chi connectivity index (χ2v) is 2.29. The number of carboxylic acids is 2.